The minimum Gasteiger partial charge on any atom is -0.486 e. The lowest BCUT2D eigenvalue weighted by molar-refractivity contribution is 0.103. The monoisotopic (exact) mass is 256 g/mol. The third kappa shape index (κ3) is 2.22. The fourth-order valence-electron chi connectivity index (χ4n) is 1.87. The molecule has 1 aromatic heterocycles. The molecule has 0 unspecified atom stereocenters. The highest BCUT2D eigenvalue weighted by Gasteiger charge is 2.16. The SMILES string of the molecule is Nc1ccc(C(=O)c2ccc3c(c2)OCCO3)nc1. The van der Waals surface area contributed by atoms with Crippen LogP contribution in [0, 0.1) is 0 Å². The Balaban J connectivity index is 1.93. The number of aromatic nitrogens is 1. The van der Waals surface area contributed by atoms with Gasteiger partial charge in [-0.15, -0.1) is 0 Å². The molecule has 3 rings (SSSR count). The molecular formula is C14H12N2O3. The van der Waals surface area contributed by atoms with Crippen molar-refractivity contribution in [1.82, 2.24) is 4.98 Å². The van der Waals surface area contributed by atoms with Gasteiger partial charge in [0, 0.05) is 5.56 Å². The van der Waals surface area contributed by atoms with Gasteiger partial charge in [0.05, 0.1) is 11.9 Å². The maximum absolute atomic E-state index is 12.2. The quantitative estimate of drug-likeness (QED) is 0.827. The molecule has 5 nitrogen and oxygen atoms in total. The average molecular weight is 256 g/mol. The molecule has 0 amide bonds. The van der Waals surface area contributed by atoms with E-state index in [1.165, 1.54) is 6.20 Å². The summed E-state index contributed by atoms with van der Waals surface area (Å²) in [5, 5.41) is 0. The van der Waals surface area contributed by atoms with E-state index in [4.69, 9.17) is 15.2 Å². The number of ether oxygens (including phenoxy) is 2. The molecule has 0 aliphatic carbocycles. The third-order valence-corrected chi connectivity index (χ3v) is 2.82. The lowest BCUT2D eigenvalue weighted by Gasteiger charge is -2.18. The Labute approximate surface area is 110 Å². The zero-order valence-electron chi connectivity index (χ0n) is 10.1. The summed E-state index contributed by atoms with van der Waals surface area (Å²) in [4.78, 5) is 16.3. The van der Waals surface area contributed by atoms with E-state index in [2.05, 4.69) is 4.98 Å². The summed E-state index contributed by atoms with van der Waals surface area (Å²) >= 11 is 0. The first kappa shape index (κ1) is 11.5. The molecular weight excluding hydrogens is 244 g/mol. The van der Waals surface area contributed by atoms with E-state index in [0.717, 1.165) is 0 Å². The van der Waals surface area contributed by atoms with Gasteiger partial charge in [-0.1, -0.05) is 0 Å². The van der Waals surface area contributed by atoms with Gasteiger partial charge in [-0.2, -0.15) is 0 Å². The van der Waals surface area contributed by atoms with E-state index in [1.54, 1.807) is 30.3 Å². The fourth-order valence-corrected chi connectivity index (χ4v) is 1.87. The molecule has 0 spiro atoms. The van der Waals surface area contributed by atoms with Gasteiger partial charge in [-0.05, 0) is 30.3 Å². The number of nitrogens with zero attached hydrogens (tertiary/aromatic N) is 1. The highest BCUT2D eigenvalue weighted by molar-refractivity contribution is 6.08. The lowest BCUT2D eigenvalue weighted by atomic mass is 10.1. The predicted molar refractivity (Wildman–Crippen MR) is 69.5 cm³/mol. The van der Waals surface area contributed by atoms with E-state index in [9.17, 15) is 4.79 Å². The largest absolute Gasteiger partial charge is 0.486 e. The summed E-state index contributed by atoms with van der Waals surface area (Å²) in [7, 11) is 0. The van der Waals surface area contributed by atoms with Crippen LogP contribution in [-0.4, -0.2) is 24.0 Å². The molecule has 0 saturated heterocycles. The molecule has 0 saturated carbocycles. The Morgan fingerprint density at radius 1 is 1.11 bits per heavy atom. The van der Waals surface area contributed by atoms with Crippen molar-refractivity contribution in [3.8, 4) is 11.5 Å². The summed E-state index contributed by atoms with van der Waals surface area (Å²) in [5.74, 6) is 1.08. The summed E-state index contributed by atoms with van der Waals surface area (Å²) in [6, 6.07) is 8.37. The zero-order chi connectivity index (χ0) is 13.2. The number of ketones is 1. The van der Waals surface area contributed by atoms with Crippen molar-refractivity contribution in [2.75, 3.05) is 18.9 Å². The van der Waals surface area contributed by atoms with Crippen molar-refractivity contribution < 1.29 is 14.3 Å². The van der Waals surface area contributed by atoms with Crippen molar-refractivity contribution in [3.05, 3.63) is 47.8 Å². The summed E-state index contributed by atoms with van der Waals surface area (Å²) in [5.41, 5.74) is 6.94. The smallest absolute Gasteiger partial charge is 0.211 e. The van der Waals surface area contributed by atoms with Crippen LogP contribution in [0.25, 0.3) is 0 Å². The number of carbonyl (C=O) groups excluding carboxylic acids is 1. The van der Waals surface area contributed by atoms with Crippen LogP contribution in [0.15, 0.2) is 36.5 Å². The maximum atomic E-state index is 12.2. The average Bonchev–Trinajstić information content (AvgIpc) is 2.47. The standard InChI is InChI=1S/C14H12N2O3/c15-10-2-3-11(16-8-10)14(17)9-1-4-12-13(7-9)19-6-5-18-12/h1-4,7-8H,5-6,15H2. The van der Waals surface area contributed by atoms with E-state index in [0.29, 0.717) is 41.7 Å². The molecule has 0 bridgehead atoms. The number of benzene rings is 1. The molecule has 0 radical (unpaired) electrons. The van der Waals surface area contributed by atoms with Crippen molar-refractivity contribution in [3.63, 3.8) is 0 Å². The number of hydrogen-bond donors (Lipinski definition) is 1. The van der Waals surface area contributed by atoms with Gasteiger partial charge in [-0.25, -0.2) is 0 Å². The minimum absolute atomic E-state index is 0.169. The molecule has 1 aliphatic heterocycles. The number of carbonyl (C=O) groups is 1. The van der Waals surface area contributed by atoms with E-state index in [-0.39, 0.29) is 5.78 Å². The van der Waals surface area contributed by atoms with Crippen LogP contribution in [0.1, 0.15) is 16.1 Å². The van der Waals surface area contributed by atoms with Crippen LogP contribution in [0.5, 0.6) is 11.5 Å². The van der Waals surface area contributed by atoms with E-state index < -0.39 is 0 Å². The number of fused-ring (bicyclic) bond motifs is 1. The second-order valence-electron chi connectivity index (χ2n) is 4.16. The first-order valence-corrected chi connectivity index (χ1v) is 5.90. The fraction of sp³-hybridized carbons (Fsp3) is 0.143. The molecule has 2 aromatic rings. The number of nitrogens with two attached hydrogens (primary N) is 1. The normalized spacial score (nSPS) is 13.1. The highest BCUT2D eigenvalue weighted by Crippen LogP contribution is 2.31. The number of rotatable bonds is 2. The Hall–Kier alpha value is -2.56. The van der Waals surface area contributed by atoms with Crippen molar-refractivity contribution in [2.24, 2.45) is 0 Å². The molecule has 19 heavy (non-hydrogen) atoms. The Bertz CT molecular complexity index is 623. The second kappa shape index (κ2) is 4.61. The van der Waals surface area contributed by atoms with Crippen LogP contribution < -0.4 is 15.2 Å². The van der Waals surface area contributed by atoms with Gasteiger partial charge >= 0.3 is 0 Å². The van der Waals surface area contributed by atoms with Crippen molar-refractivity contribution >= 4 is 11.5 Å². The maximum Gasteiger partial charge on any atom is 0.211 e. The first-order chi connectivity index (χ1) is 9.24. The molecule has 0 fully saturated rings. The van der Waals surface area contributed by atoms with Crippen LogP contribution in [-0.2, 0) is 0 Å². The molecule has 5 heteroatoms. The number of hydrogen-bond acceptors (Lipinski definition) is 5. The summed E-state index contributed by atoms with van der Waals surface area (Å²) < 4.78 is 10.9. The van der Waals surface area contributed by atoms with Gasteiger partial charge in [0.2, 0.25) is 5.78 Å². The lowest BCUT2D eigenvalue weighted by Crippen LogP contribution is -2.16. The first-order valence-electron chi connectivity index (χ1n) is 5.90. The van der Waals surface area contributed by atoms with E-state index >= 15 is 0 Å². The molecule has 2 heterocycles. The molecule has 1 aliphatic rings. The van der Waals surface area contributed by atoms with Gasteiger partial charge in [0.1, 0.15) is 18.9 Å². The van der Waals surface area contributed by atoms with Crippen LogP contribution in [0.3, 0.4) is 0 Å². The predicted octanol–water partition coefficient (Wildman–Crippen LogP) is 1.67. The van der Waals surface area contributed by atoms with E-state index in [1.807, 2.05) is 0 Å². The molecule has 96 valence electrons. The zero-order valence-corrected chi connectivity index (χ0v) is 10.1. The number of nitrogen functional groups attached to an aromatic ring is 1. The summed E-state index contributed by atoms with van der Waals surface area (Å²) in [6.07, 6.45) is 1.46. The number of anilines is 1. The number of pyridine rings is 1. The molecule has 2 N–H and O–H groups in total. The van der Waals surface area contributed by atoms with Crippen molar-refractivity contribution in [2.45, 2.75) is 0 Å². The summed E-state index contributed by atoms with van der Waals surface area (Å²) in [6.45, 7) is 1.02. The third-order valence-electron chi connectivity index (χ3n) is 2.82. The van der Waals surface area contributed by atoms with Crippen molar-refractivity contribution in [1.29, 1.82) is 0 Å². The Morgan fingerprint density at radius 2 is 1.89 bits per heavy atom. The van der Waals surface area contributed by atoms with Crippen LogP contribution >= 0.6 is 0 Å². The van der Waals surface area contributed by atoms with Gasteiger partial charge in [0.15, 0.2) is 11.5 Å². The minimum atomic E-state index is -0.169. The Kier molecular flexibility index (Phi) is 2.79. The van der Waals surface area contributed by atoms with Gasteiger partial charge in [-0.3, -0.25) is 9.78 Å². The molecule has 1 aromatic carbocycles. The second-order valence-corrected chi connectivity index (χ2v) is 4.16. The van der Waals surface area contributed by atoms with Crippen LogP contribution in [0.4, 0.5) is 5.69 Å². The van der Waals surface area contributed by atoms with Crippen LogP contribution in [0.2, 0.25) is 0 Å². The molecule has 0 atom stereocenters. The van der Waals surface area contributed by atoms with Gasteiger partial charge < -0.3 is 15.2 Å². The van der Waals surface area contributed by atoms with Gasteiger partial charge in [0.25, 0.3) is 0 Å². The Morgan fingerprint density at radius 3 is 2.63 bits per heavy atom. The highest BCUT2D eigenvalue weighted by atomic mass is 16.6. The topological polar surface area (TPSA) is 74.4 Å².